The molecule has 0 spiro atoms. The van der Waals surface area contributed by atoms with Crippen LogP contribution in [-0.2, 0) is 17.5 Å². The highest BCUT2D eigenvalue weighted by molar-refractivity contribution is 5.59. The van der Waals surface area contributed by atoms with Gasteiger partial charge in [0.25, 0.3) is 0 Å². The number of aromatic amines is 1. The number of rotatable bonds is 4. The molecular formula is C11H11F3N4O. The second-order valence-corrected chi connectivity index (χ2v) is 3.71. The zero-order valence-electron chi connectivity index (χ0n) is 9.95. The Kier molecular flexibility index (Phi) is 3.70. The van der Waals surface area contributed by atoms with Crippen LogP contribution in [-0.4, -0.2) is 22.3 Å². The van der Waals surface area contributed by atoms with E-state index in [9.17, 15) is 13.2 Å². The summed E-state index contributed by atoms with van der Waals surface area (Å²) in [4.78, 5) is 3.95. The summed E-state index contributed by atoms with van der Waals surface area (Å²) in [5.41, 5.74) is -0.869. The van der Waals surface area contributed by atoms with Crippen molar-refractivity contribution in [2.45, 2.75) is 12.8 Å². The molecule has 2 N–H and O–H groups in total. The van der Waals surface area contributed by atoms with Crippen LogP contribution in [0.5, 0.6) is 0 Å². The van der Waals surface area contributed by atoms with Gasteiger partial charge in [0.2, 0.25) is 5.95 Å². The first-order valence-corrected chi connectivity index (χ1v) is 5.34. The fraction of sp³-hybridized carbons (Fsp3) is 0.273. The van der Waals surface area contributed by atoms with E-state index in [1.165, 1.54) is 25.3 Å². The quantitative estimate of drug-likeness (QED) is 0.898. The topological polar surface area (TPSA) is 62.8 Å². The number of hydrogen-bond acceptors (Lipinski definition) is 4. The first-order valence-electron chi connectivity index (χ1n) is 5.34. The van der Waals surface area contributed by atoms with E-state index >= 15 is 0 Å². The highest BCUT2D eigenvalue weighted by Gasteiger charge is 2.33. The van der Waals surface area contributed by atoms with Crippen LogP contribution in [0.4, 0.5) is 24.8 Å². The molecule has 8 heteroatoms. The molecule has 19 heavy (non-hydrogen) atoms. The maximum Gasteiger partial charge on any atom is 0.418 e. The molecule has 0 aliphatic heterocycles. The van der Waals surface area contributed by atoms with Crippen LogP contribution >= 0.6 is 0 Å². The molecule has 0 aliphatic carbocycles. The van der Waals surface area contributed by atoms with Gasteiger partial charge in [-0.1, -0.05) is 12.1 Å². The third kappa shape index (κ3) is 3.22. The number of para-hydroxylation sites is 1. The zero-order chi connectivity index (χ0) is 13.9. The summed E-state index contributed by atoms with van der Waals surface area (Å²) in [6.07, 6.45) is -4.44. The number of alkyl halides is 3. The fourth-order valence-electron chi connectivity index (χ4n) is 1.51. The van der Waals surface area contributed by atoms with Gasteiger partial charge in [0.05, 0.1) is 11.3 Å². The van der Waals surface area contributed by atoms with E-state index < -0.39 is 11.7 Å². The number of H-pyrrole nitrogens is 1. The SMILES string of the molecule is COCc1nc(Nc2ccccc2C(F)(F)F)n[nH]1. The summed E-state index contributed by atoms with van der Waals surface area (Å²) in [6.45, 7) is 0.204. The second-order valence-electron chi connectivity index (χ2n) is 3.71. The Morgan fingerprint density at radius 1 is 1.32 bits per heavy atom. The second kappa shape index (κ2) is 5.27. The number of halogens is 3. The molecule has 2 aromatic rings. The van der Waals surface area contributed by atoms with Crippen molar-refractivity contribution in [3.8, 4) is 0 Å². The highest BCUT2D eigenvalue weighted by atomic mass is 19.4. The van der Waals surface area contributed by atoms with Gasteiger partial charge in [-0.05, 0) is 12.1 Å². The molecule has 0 atom stereocenters. The summed E-state index contributed by atoms with van der Waals surface area (Å²) in [6, 6.07) is 5.13. The number of ether oxygens (including phenoxy) is 1. The van der Waals surface area contributed by atoms with Crippen molar-refractivity contribution in [1.29, 1.82) is 0 Å². The van der Waals surface area contributed by atoms with Crippen molar-refractivity contribution < 1.29 is 17.9 Å². The summed E-state index contributed by atoms with van der Waals surface area (Å²) >= 11 is 0. The fourth-order valence-corrected chi connectivity index (χ4v) is 1.51. The normalized spacial score (nSPS) is 11.6. The molecule has 5 nitrogen and oxygen atoms in total. The molecular weight excluding hydrogens is 261 g/mol. The Morgan fingerprint density at radius 2 is 2.05 bits per heavy atom. The lowest BCUT2D eigenvalue weighted by Gasteiger charge is -2.12. The molecule has 0 amide bonds. The van der Waals surface area contributed by atoms with Gasteiger partial charge in [-0.25, -0.2) is 0 Å². The minimum absolute atomic E-state index is 0.0590. The smallest absolute Gasteiger partial charge is 0.377 e. The minimum Gasteiger partial charge on any atom is -0.377 e. The van der Waals surface area contributed by atoms with Gasteiger partial charge in [-0.15, -0.1) is 5.10 Å². The lowest BCUT2D eigenvalue weighted by molar-refractivity contribution is -0.136. The van der Waals surface area contributed by atoms with Crippen molar-refractivity contribution in [2.75, 3.05) is 12.4 Å². The third-order valence-corrected chi connectivity index (χ3v) is 2.29. The van der Waals surface area contributed by atoms with Gasteiger partial charge in [-0.2, -0.15) is 18.2 Å². The van der Waals surface area contributed by atoms with Crippen LogP contribution in [0.15, 0.2) is 24.3 Å². The summed E-state index contributed by atoms with van der Waals surface area (Å²) in [5.74, 6) is 0.484. The van der Waals surface area contributed by atoms with Crippen molar-refractivity contribution in [1.82, 2.24) is 15.2 Å². The molecule has 2 rings (SSSR count). The number of aromatic nitrogens is 3. The van der Waals surface area contributed by atoms with Crippen LogP contribution in [0.3, 0.4) is 0 Å². The zero-order valence-corrected chi connectivity index (χ0v) is 9.95. The highest BCUT2D eigenvalue weighted by Crippen LogP contribution is 2.35. The maximum atomic E-state index is 12.8. The van der Waals surface area contributed by atoms with Crippen LogP contribution in [0.1, 0.15) is 11.4 Å². The van der Waals surface area contributed by atoms with E-state index in [2.05, 4.69) is 20.5 Å². The minimum atomic E-state index is -4.44. The summed E-state index contributed by atoms with van der Waals surface area (Å²) in [5, 5.41) is 8.84. The Labute approximate surface area is 106 Å². The summed E-state index contributed by atoms with van der Waals surface area (Å²) < 4.78 is 43.1. The van der Waals surface area contributed by atoms with Crippen LogP contribution in [0.2, 0.25) is 0 Å². The number of benzene rings is 1. The van der Waals surface area contributed by atoms with Gasteiger partial charge >= 0.3 is 6.18 Å². The molecule has 0 saturated heterocycles. The van der Waals surface area contributed by atoms with Crippen molar-refractivity contribution in [3.63, 3.8) is 0 Å². The standard InChI is InChI=1S/C11H11F3N4O/c1-19-6-9-16-10(18-17-9)15-8-5-3-2-4-7(8)11(12,13)14/h2-5H,6H2,1H3,(H2,15,16,17,18). The van der Waals surface area contributed by atoms with Gasteiger partial charge in [0.15, 0.2) is 5.82 Å². The van der Waals surface area contributed by atoms with E-state index in [1.54, 1.807) is 0 Å². The number of nitrogens with zero attached hydrogens (tertiary/aromatic N) is 2. The molecule has 1 aromatic heterocycles. The monoisotopic (exact) mass is 272 g/mol. The van der Waals surface area contributed by atoms with Gasteiger partial charge in [0, 0.05) is 7.11 Å². The molecule has 102 valence electrons. The van der Waals surface area contributed by atoms with E-state index in [0.717, 1.165) is 6.07 Å². The van der Waals surface area contributed by atoms with Crippen molar-refractivity contribution in [3.05, 3.63) is 35.7 Å². The predicted octanol–water partition coefficient (Wildman–Crippen LogP) is 2.71. The molecule has 1 heterocycles. The predicted molar refractivity (Wildman–Crippen MR) is 61.8 cm³/mol. The van der Waals surface area contributed by atoms with Gasteiger partial charge in [-0.3, -0.25) is 5.10 Å². The Bertz CT molecular complexity index is 553. The average Bonchev–Trinajstić information content (AvgIpc) is 2.76. The van der Waals surface area contributed by atoms with Crippen molar-refractivity contribution >= 4 is 11.6 Å². The van der Waals surface area contributed by atoms with Crippen molar-refractivity contribution in [2.24, 2.45) is 0 Å². The Balaban J connectivity index is 2.23. The molecule has 0 bridgehead atoms. The number of nitrogens with one attached hydrogen (secondary N) is 2. The molecule has 0 radical (unpaired) electrons. The number of anilines is 2. The largest absolute Gasteiger partial charge is 0.418 e. The molecule has 0 unspecified atom stereocenters. The van der Waals surface area contributed by atoms with Gasteiger partial charge < -0.3 is 10.1 Å². The molecule has 0 aliphatic rings. The molecule has 0 fully saturated rings. The first-order chi connectivity index (χ1) is 9.00. The van der Waals surface area contributed by atoms with E-state index in [0.29, 0.717) is 5.82 Å². The maximum absolute atomic E-state index is 12.8. The average molecular weight is 272 g/mol. The summed E-state index contributed by atoms with van der Waals surface area (Å²) in [7, 11) is 1.48. The van der Waals surface area contributed by atoms with E-state index in [-0.39, 0.29) is 18.2 Å². The van der Waals surface area contributed by atoms with Crippen LogP contribution < -0.4 is 5.32 Å². The van der Waals surface area contributed by atoms with E-state index in [4.69, 9.17) is 4.74 Å². The van der Waals surface area contributed by atoms with Crippen LogP contribution in [0.25, 0.3) is 0 Å². The number of methoxy groups -OCH3 is 1. The molecule has 1 aromatic carbocycles. The molecule has 0 saturated carbocycles. The first kappa shape index (κ1) is 13.3. The Morgan fingerprint density at radius 3 is 2.74 bits per heavy atom. The lowest BCUT2D eigenvalue weighted by atomic mass is 10.1. The van der Waals surface area contributed by atoms with Crippen LogP contribution in [0, 0.1) is 0 Å². The van der Waals surface area contributed by atoms with Gasteiger partial charge in [0.1, 0.15) is 6.61 Å². The Hall–Kier alpha value is -2.09. The number of hydrogen-bond donors (Lipinski definition) is 2. The van der Waals surface area contributed by atoms with E-state index in [1.807, 2.05) is 0 Å². The lowest BCUT2D eigenvalue weighted by Crippen LogP contribution is -2.08. The third-order valence-electron chi connectivity index (χ3n) is 2.29.